The molecule has 0 aliphatic heterocycles. The van der Waals surface area contributed by atoms with Gasteiger partial charge in [-0.05, 0) is 43.7 Å². The minimum Gasteiger partial charge on any atom is -0.506 e. The van der Waals surface area contributed by atoms with Gasteiger partial charge in [0, 0.05) is 5.02 Å². The quantitative estimate of drug-likeness (QED) is 0.683. The molecule has 1 heterocycles. The molecule has 0 spiro atoms. The topological polar surface area (TPSA) is 67.2 Å². The molecule has 6 heteroatoms. The number of rotatable bonds is 4. The number of anilines is 1. The van der Waals surface area contributed by atoms with Gasteiger partial charge in [0.25, 0.3) is 5.91 Å². The minimum absolute atomic E-state index is 0.0401. The van der Waals surface area contributed by atoms with Crippen LogP contribution in [0.5, 0.6) is 5.75 Å². The maximum absolute atomic E-state index is 12.6. The van der Waals surface area contributed by atoms with Gasteiger partial charge < -0.3 is 10.4 Å². The molecule has 0 fully saturated rings. The van der Waals surface area contributed by atoms with Crippen molar-refractivity contribution in [1.82, 2.24) is 9.78 Å². The third kappa shape index (κ3) is 3.51. The predicted molar refractivity (Wildman–Crippen MR) is 98.7 cm³/mol. The van der Waals surface area contributed by atoms with Gasteiger partial charge in [-0.3, -0.25) is 4.79 Å². The fourth-order valence-electron chi connectivity index (χ4n) is 2.61. The van der Waals surface area contributed by atoms with Gasteiger partial charge in [0.2, 0.25) is 0 Å². The number of hydrogen-bond acceptors (Lipinski definition) is 3. The summed E-state index contributed by atoms with van der Waals surface area (Å²) in [7, 11) is 0. The molecule has 0 unspecified atom stereocenters. The summed E-state index contributed by atoms with van der Waals surface area (Å²) in [5.74, 6) is -0.380. The zero-order valence-corrected chi connectivity index (χ0v) is 14.7. The van der Waals surface area contributed by atoms with Crippen molar-refractivity contribution in [1.29, 1.82) is 0 Å². The van der Waals surface area contributed by atoms with Crippen LogP contribution in [0.2, 0.25) is 5.02 Å². The molecule has 2 N–H and O–H groups in total. The molecule has 3 aromatic rings. The lowest BCUT2D eigenvalue weighted by Crippen LogP contribution is -2.14. The number of aromatic nitrogens is 2. The largest absolute Gasteiger partial charge is 0.506 e. The van der Waals surface area contributed by atoms with E-state index in [0.29, 0.717) is 17.0 Å². The smallest absolute Gasteiger partial charge is 0.259 e. The van der Waals surface area contributed by atoms with Gasteiger partial charge in [0.05, 0.1) is 28.8 Å². The highest BCUT2D eigenvalue weighted by Gasteiger charge is 2.18. The third-order valence-corrected chi connectivity index (χ3v) is 4.17. The minimum atomic E-state index is -0.340. The second-order valence-electron chi connectivity index (χ2n) is 5.72. The second kappa shape index (κ2) is 6.99. The fraction of sp³-hybridized carbons (Fsp3) is 0.158. The van der Waals surface area contributed by atoms with Crippen molar-refractivity contribution in [3.63, 3.8) is 0 Å². The molecular weight excluding hydrogens is 338 g/mol. The van der Waals surface area contributed by atoms with Crippen molar-refractivity contribution < 1.29 is 9.90 Å². The Labute approximate surface area is 150 Å². The Hall–Kier alpha value is -2.79. The number of carbonyl (C=O) groups is 1. The molecule has 0 saturated heterocycles. The molecule has 3 rings (SSSR count). The van der Waals surface area contributed by atoms with Crippen LogP contribution in [0.15, 0.2) is 48.7 Å². The number of halogens is 1. The summed E-state index contributed by atoms with van der Waals surface area (Å²) in [6, 6.07) is 12.4. The fourth-order valence-corrected chi connectivity index (χ4v) is 2.78. The molecule has 0 bridgehead atoms. The van der Waals surface area contributed by atoms with Crippen LogP contribution in [-0.4, -0.2) is 20.8 Å². The summed E-state index contributed by atoms with van der Waals surface area (Å²) in [5, 5.41) is 17.3. The first-order valence-electron chi connectivity index (χ1n) is 7.93. The molecular formula is C19H18ClN3O2. The van der Waals surface area contributed by atoms with Crippen molar-refractivity contribution in [2.45, 2.75) is 20.3 Å². The summed E-state index contributed by atoms with van der Waals surface area (Å²) < 4.78 is 1.76. The monoisotopic (exact) mass is 355 g/mol. The van der Waals surface area contributed by atoms with E-state index in [1.807, 2.05) is 38.1 Å². The van der Waals surface area contributed by atoms with Crippen LogP contribution in [0.3, 0.4) is 0 Å². The molecule has 0 aliphatic rings. The molecule has 1 aromatic heterocycles. The summed E-state index contributed by atoms with van der Waals surface area (Å²) in [5.41, 5.74) is 3.57. The van der Waals surface area contributed by atoms with Crippen LogP contribution in [0.25, 0.3) is 5.69 Å². The molecule has 0 aliphatic carbocycles. The predicted octanol–water partition coefficient (Wildman–Crippen LogP) is 4.35. The van der Waals surface area contributed by atoms with Crippen molar-refractivity contribution in [3.05, 3.63) is 70.5 Å². The Morgan fingerprint density at radius 2 is 1.96 bits per heavy atom. The Morgan fingerprint density at radius 1 is 1.24 bits per heavy atom. The van der Waals surface area contributed by atoms with E-state index in [-0.39, 0.29) is 17.3 Å². The second-order valence-corrected chi connectivity index (χ2v) is 6.16. The summed E-state index contributed by atoms with van der Waals surface area (Å²) in [6.45, 7) is 3.99. The Balaban J connectivity index is 1.93. The first-order valence-corrected chi connectivity index (χ1v) is 8.31. The number of phenols is 1. The number of aromatic hydroxyl groups is 1. The Kier molecular flexibility index (Phi) is 4.76. The molecule has 0 radical (unpaired) electrons. The average Bonchev–Trinajstić information content (AvgIpc) is 3.03. The van der Waals surface area contributed by atoms with Crippen LogP contribution in [0, 0.1) is 6.92 Å². The van der Waals surface area contributed by atoms with Gasteiger partial charge in [-0.15, -0.1) is 0 Å². The molecule has 128 valence electrons. The third-order valence-electron chi connectivity index (χ3n) is 3.93. The lowest BCUT2D eigenvalue weighted by Gasteiger charge is -2.10. The number of nitrogens with one attached hydrogen (secondary N) is 1. The van der Waals surface area contributed by atoms with E-state index in [9.17, 15) is 9.90 Å². The molecule has 0 saturated carbocycles. The van der Waals surface area contributed by atoms with Gasteiger partial charge in [-0.2, -0.15) is 5.10 Å². The highest BCUT2D eigenvalue weighted by molar-refractivity contribution is 6.31. The molecule has 0 atom stereocenters. The number of phenolic OH excluding ortho intramolecular Hbond substituents is 1. The average molecular weight is 356 g/mol. The Morgan fingerprint density at radius 3 is 2.64 bits per heavy atom. The van der Waals surface area contributed by atoms with Crippen molar-refractivity contribution in [2.24, 2.45) is 0 Å². The van der Waals surface area contributed by atoms with E-state index < -0.39 is 0 Å². The van der Waals surface area contributed by atoms with Gasteiger partial charge in [-0.1, -0.05) is 36.2 Å². The number of hydrogen-bond donors (Lipinski definition) is 2. The van der Waals surface area contributed by atoms with E-state index in [1.54, 1.807) is 10.7 Å². The first kappa shape index (κ1) is 17.0. The van der Waals surface area contributed by atoms with E-state index in [2.05, 4.69) is 10.4 Å². The number of carbonyl (C=O) groups excluding carboxylic acids is 1. The highest BCUT2D eigenvalue weighted by Crippen LogP contribution is 2.27. The van der Waals surface area contributed by atoms with Gasteiger partial charge >= 0.3 is 0 Å². The molecule has 25 heavy (non-hydrogen) atoms. The highest BCUT2D eigenvalue weighted by atomic mass is 35.5. The summed E-state index contributed by atoms with van der Waals surface area (Å²) in [6.07, 6.45) is 2.17. The van der Waals surface area contributed by atoms with Crippen LogP contribution in [0.1, 0.15) is 28.5 Å². The number of amides is 1. The molecule has 1 amide bonds. The first-order chi connectivity index (χ1) is 12.0. The van der Waals surface area contributed by atoms with Crippen LogP contribution in [0.4, 0.5) is 5.69 Å². The normalized spacial score (nSPS) is 10.7. The summed E-state index contributed by atoms with van der Waals surface area (Å²) >= 11 is 5.92. The number of nitrogens with zero attached hydrogens (tertiary/aromatic N) is 2. The summed E-state index contributed by atoms with van der Waals surface area (Å²) in [4.78, 5) is 12.6. The zero-order valence-electron chi connectivity index (χ0n) is 14.0. The van der Waals surface area contributed by atoms with Gasteiger partial charge in [0.1, 0.15) is 5.75 Å². The standard InChI is InChI=1S/C19H18ClN3O2/c1-3-17-15(11-21-23(17)14-7-4-12(2)5-8-14)19(25)22-16-10-13(20)6-9-18(16)24/h4-11,24H,3H2,1-2H3,(H,22,25). The van der Waals surface area contributed by atoms with E-state index >= 15 is 0 Å². The SMILES string of the molecule is CCc1c(C(=O)Nc2cc(Cl)ccc2O)cnn1-c1ccc(C)cc1. The maximum Gasteiger partial charge on any atom is 0.259 e. The number of benzene rings is 2. The van der Waals surface area contributed by atoms with Crippen molar-refractivity contribution in [2.75, 3.05) is 5.32 Å². The number of aryl methyl sites for hydroxylation is 1. The van der Waals surface area contributed by atoms with Crippen LogP contribution >= 0.6 is 11.6 Å². The van der Waals surface area contributed by atoms with Crippen molar-refractivity contribution >= 4 is 23.2 Å². The van der Waals surface area contributed by atoms with Crippen LogP contribution in [-0.2, 0) is 6.42 Å². The van der Waals surface area contributed by atoms with Crippen LogP contribution < -0.4 is 5.32 Å². The van der Waals surface area contributed by atoms with E-state index in [1.165, 1.54) is 18.3 Å². The van der Waals surface area contributed by atoms with E-state index in [0.717, 1.165) is 16.9 Å². The van der Waals surface area contributed by atoms with Gasteiger partial charge in [0.15, 0.2) is 0 Å². The lowest BCUT2D eigenvalue weighted by atomic mass is 10.1. The maximum atomic E-state index is 12.6. The molecule has 5 nitrogen and oxygen atoms in total. The lowest BCUT2D eigenvalue weighted by molar-refractivity contribution is 0.102. The van der Waals surface area contributed by atoms with Crippen molar-refractivity contribution in [3.8, 4) is 11.4 Å². The van der Waals surface area contributed by atoms with E-state index in [4.69, 9.17) is 11.6 Å². The zero-order chi connectivity index (χ0) is 18.0. The molecule has 2 aromatic carbocycles. The van der Waals surface area contributed by atoms with Gasteiger partial charge in [-0.25, -0.2) is 4.68 Å². The Bertz CT molecular complexity index is 917.